The number of halogens is 1. The molecule has 2 aromatic carbocycles. The molecule has 0 unspecified atom stereocenters. The maximum Gasteiger partial charge on any atom is 0.161 e. The Hall–Kier alpha value is -1.71. The zero-order valence-electron chi connectivity index (χ0n) is 16.5. The second-order valence-corrected chi connectivity index (χ2v) is 7.33. The van der Waals surface area contributed by atoms with Crippen LogP contribution in [0, 0.1) is 6.92 Å². The number of rotatable bonds is 7. The third-order valence-electron chi connectivity index (χ3n) is 5.19. The van der Waals surface area contributed by atoms with Crippen molar-refractivity contribution in [2.24, 2.45) is 0 Å². The maximum atomic E-state index is 5.97. The molecule has 148 valence electrons. The van der Waals surface area contributed by atoms with Crippen LogP contribution in [0.25, 0.3) is 0 Å². The highest BCUT2D eigenvalue weighted by molar-refractivity contribution is 5.85. The lowest BCUT2D eigenvalue weighted by Crippen LogP contribution is -2.27. The van der Waals surface area contributed by atoms with E-state index in [1.807, 2.05) is 6.07 Å². The topological polar surface area (TPSA) is 30.5 Å². The summed E-state index contributed by atoms with van der Waals surface area (Å²) in [5, 5.41) is 3.72. The smallest absolute Gasteiger partial charge is 0.161 e. The fourth-order valence-corrected chi connectivity index (χ4v) is 3.53. The second-order valence-electron chi connectivity index (χ2n) is 7.33. The predicted octanol–water partition coefficient (Wildman–Crippen LogP) is 5.82. The molecule has 0 amide bonds. The number of aryl methyl sites for hydroxylation is 1. The molecule has 3 nitrogen and oxygen atoms in total. The van der Waals surface area contributed by atoms with E-state index in [2.05, 4.69) is 48.6 Å². The largest absolute Gasteiger partial charge is 0.493 e. The van der Waals surface area contributed by atoms with Gasteiger partial charge in [-0.3, -0.25) is 0 Å². The van der Waals surface area contributed by atoms with Crippen LogP contribution < -0.4 is 14.8 Å². The lowest BCUT2D eigenvalue weighted by Gasteiger charge is -2.17. The zero-order chi connectivity index (χ0) is 18.2. The minimum atomic E-state index is 0. The highest BCUT2D eigenvalue weighted by Crippen LogP contribution is 2.29. The molecule has 27 heavy (non-hydrogen) atoms. The van der Waals surface area contributed by atoms with Gasteiger partial charge in [-0.05, 0) is 43.0 Å². The number of nitrogens with one attached hydrogen (secondary N) is 1. The molecule has 1 aliphatic rings. The first-order chi connectivity index (χ1) is 12.7. The Balaban J connectivity index is 0.00000261. The molecule has 0 saturated heterocycles. The van der Waals surface area contributed by atoms with Crippen molar-refractivity contribution in [3.8, 4) is 11.5 Å². The van der Waals surface area contributed by atoms with Crippen LogP contribution in [0.5, 0.6) is 11.5 Å². The maximum absolute atomic E-state index is 5.97. The Bertz CT molecular complexity index is 679. The van der Waals surface area contributed by atoms with Gasteiger partial charge in [0.05, 0.1) is 7.11 Å². The van der Waals surface area contributed by atoms with Crippen LogP contribution in [0.3, 0.4) is 0 Å². The molecular weight excluding hydrogens is 358 g/mol. The van der Waals surface area contributed by atoms with Crippen LogP contribution in [-0.4, -0.2) is 13.2 Å². The lowest BCUT2D eigenvalue weighted by atomic mass is 10.1. The van der Waals surface area contributed by atoms with Crippen LogP contribution in [-0.2, 0) is 13.2 Å². The average Bonchev–Trinajstić information content (AvgIpc) is 2.95. The van der Waals surface area contributed by atoms with Crippen LogP contribution in [0.2, 0.25) is 0 Å². The van der Waals surface area contributed by atoms with E-state index in [4.69, 9.17) is 9.47 Å². The molecule has 0 spiro atoms. The minimum Gasteiger partial charge on any atom is -0.493 e. The van der Waals surface area contributed by atoms with Crippen molar-refractivity contribution in [1.29, 1.82) is 0 Å². The van der Waals surface area contributed by atoms with Gasteiger partial charge < -0.3 is 14.8 Å². The van der Waals surface area contributed by atoms with E-state index in [1.165, 1.54) is 49.7 Å². The molecule has 2 aromatic rings. The van der Waals surface area contributed by atoms with Crippen molar-refractivity contribution in [1.82, 2.24) is 5.32 Å². The van der Waals surface area contributed by atoms with Crippen molar-refractivity contribution in [2.45, 2.75) is 64.6 Å². The van der Waals surface area contributed by atoms with E-state index in [1.54, 1.807) is 7.11 Å². The van der Waals surface area contributed by atoms with Crippen molar-refractivity contribution < 1.29 is 9.47 Å². The first-order valence-corrected chi connectivity index (χ1v) is 9.83. The third kappa shape index (κ3) is 6.75. The predicted molar refractivity (Wildman–Crippen MR) is 114 cm³/mol. The molecule has 0 radical (unpaired) electrons. The van der Waals surface area contributed by atoms with E-state index in [0.29, 0.717) is 12.6 Å². The van der Waals surface area contributed by atoms with Gasteiger partial charge >= 0.3 is 0 Å². The van der Waals surface area contributed by atoms with Crippen LogP contribution in [0.4, 0.5) is 0 Å². The zero-order valence-corrected chi connectivity index (χ0v) is 17.3. The Morgan fingerprint density at radius 1 is 0.889 bits per heavy atom. The summed E-state index contributed by atoms with van der Waals surface area (Å²) in [5.74, 6) is 1.60. The Morgan fingerprint density at radius 3 is 2.22 bits per heavy atom. The molecule has 1 saturated carbocycles. The molecular formula is C23H32ClNO2. The van der Waals surface area contributed by atoms with Gasteiger partial charge in [-0.2, -0.15) is 0 Å². The van der Waals surface area contributed by atoms with Gasteiger partial charge in [0.15, 0.2) is 11.5 Å². The SMILES string of the molecule is COc1cc(CNC2CCCCCC2)ccc1OCc1ccc(C)cc1.Cl. The Kier molecular flexibility index (Phi) is 8.96. The molecule has 0 atom stereocenters. The molecule has 3 rings (SSSR count). The minimum absolute atomic E-state index is 0. The standard InChI is InChI=1S/C23H31NO2.ClH/c1-18-9-11-19(12-10-18)17-26-22-14-13-20(15-23(22)25-2)16-24-21-7-5-3-4-6-8-21;/h9-15,21,24H,3-8,16-17H2,1-2H3;1H. The van der Waals surface area contributed by atoms with Crippen molar-refractivity contribution in [3.63, 3.8) is 0 Å². The van der Waals surface area contributed by atoms with Gasteiger partial charge in [0.25, 0.3) is 0 Å². The quantitative estimate of drug-likeness (QED) is 0.605. The number of hydrogen-bond acceptors (Lipinski definition) is 3. The van der Waals surface area contributed by atoms with E-state index < -0.39 is 0 Å². The van der Waals surface area contributed by atoms with Gasteiger partial charge in [-0.15, -0.1) is 12.4 Å². The molecule has 1 aliphatic carbocycles. The molecule has 1 N–H and O–H groups in total. The molecule has 0 aliphatic heterocycles. The third-order valence-corrected chi connectivity index (χ3v) is 5.19. The van der Waals surface area contributed by atoms with Gasteiger partial charge in [-0.25, -0.2) is 0 Å². The molecule has 4 heteroatoms. The first kappa shape index (κ1) is 21.6. The van der Waals surface area contributed by atoms with Gasteiger partial charge in [0, 0.05) is 12.6 Å². The molecule has 0 bridgehead atoms. The lowest BCUT2D eigenvalue weighted by molar-refractivity contribution is 0.284. The molecule has 0 aromatic heterocycles. The average molecular weight is 390 g/mol. The van der Waals surface area contributed by atoms with Crippen molar-refractivity contribution in [2.75, 3.05) is 7.11 Å². The fraction of sp³-hybridized carbons (Fsp3) is 0.478. The fourth-order valence-electron chi connectivity index (χ4n) is 3.53. The Labute approximate surface area is 169 Å². The normalized spacial score (nSPS) is 14.9. The summed E-state index contributed by atoms with van der Waals surface area (Å²) in [4.78, 5) is 0. The van der Waals surface area contributed by atoms with Gasteiger partial charge in [0.2, 0.25) is 0 Å². The summed E-state index contributed by atoms with van der Waals surface area (Å²) in [7, 11) is 1.70. The summed E-state index contributed by atoms with van der Waals surface area (Å²) >= 11 is 0. The van der Waals surface area contributed by atoms with E-state index in [9.17, 15) is 0 Å². The molecule has 0 heterocycles. The number of ether oxygens (including phenoxy) is 2. The van der Waals surface area contributed by atoms with E-state index in [-0.39, 0.29) is 12.4 Å². The van der Waals surface area contributed by atoms with Crippen molar-refractivity contribution in [3.05, 3.63) is 59.2 Å². The summed E-state index contributed by atoms with van der Waals surface area (Å²) in [6.45, 7) is 3.53. The number of hydrogen-bond donors (Lipinski definition) is 1. The highest BCUT2D eigenvalue weighted by atomic mass is 35.5. The van der Waals surface area contributed by atoms with Gasteiger partial charge in [-0.1, -0.05) is 61.6 Å². The van der Waals surface area contributed by atoms with Crippen LogP contribution >= 0.6 is 12.4 Å². The van der Waals surface area contributed by atoms with Gasteiger partial charge in [0.1, 0.15) is 6.61 Å². The Morgan fingerprint density at radius 2 is 1.56 bits per heavy atom. The van der Waals surface area contributed by atoms with Crippen LogP contribution in [0.1, 0.15) is 55.2 Å². The van der Waals surface area contributed by atoms with E-state index >= 15 is 0 Å². The highest BCUT2D eigenvalue weighted by Gasteiger charge is 2.12. The van der Waals surface area contributed by atoms with E-state index in [0.717, 1.165) is 23.6 Å². The second kappa shape index (κ2) is 11.2. The molecule has 1 fully saturated rings. The summed E-state index contributed by atoms with van der Waals surface area (Å²) in [6, 6.07) is 15.3. The first-order valence-electron chi connectivity index (χ1n) is 9.83. The van der Waals surface area contributed by atoms with Crippen molar-refractivity contribution >= 4 is 12.4 Å². The summed E-state index contributed by atoms with van der Waals surface area (Å²) in [5.41, 5.74) is 3.67. The summed E-state index contributed by atoms with van der Waals surface area (Å²) in [6.07, 6.45) is 8.08. The summed E-state index contributed by atoms with van der Waals surface area (Å²) < 4.78 is 11.5. The number of methoxy groups -OCH3 is 1. The van der Waals surface area contributed by atoms with Crippen LogP contribution in [0.15, 0.2) is 42.5 Å². The number of benzene rings is 2. The monoisotopic (exact) mass is 389 g/mol.